The van der Waals surface area contributed by atoms with Crippen LogP contribution in [-0.2, 0) is 17.9 Å². The van der Waals surface area contributed by atoms with E-state index in [1.807, 2.05) is 11.0 Å². The number of nitrogens with zero attached hydrogens (tertiary/aromatic N) is 6. The Balaban J connectivity index is 1.65. The van der Waals surface area contributed by atoms with Crippen LogP contribution in [0.1, 0.15) is 17.3 Å². The fourth-order valence-electron chi connectivity index (χ4n) is 2.88. The summed E-state index contributed by atoms with van der Waals surface area (Å²) >= 11 is 0. The highest BCUT2D eigenvalue weighted by atomic mass is 16.6. The van der Waals surface area contributed by atoms with Gasteiger partial charge in [0.1, 0.15) is 12.3 Å². The molecule has 0 spiro atoms. The molecular formula is C16H18N6O4. The van der Waals surface area contributed by atoms with Crippen LogP contribution in [0.2, 0.25) is 0 Å². The topological polar surface area (TPSA) is 122 Å². The second kappa shape index (κ2) is 7.90. The average Bonchev–Trinajstić information content (AvgIpc) is 3.09. The Labute approximate surface area is 149 Å². The van der Waals surface area contributed by atoms with Gasteiger partial charge in [-0.05, 0) is 12.1 Å². The molecule has 1 aliphatic rings. The Kier molecular flexibility index (Phi) is 5.40. The smallest absolute Gasteiger partial charge is 0.292 e. The summed E-state index contributed by atoms with van der Waals surface area (Å²) in [6, 6.07) is 6.45. The van der Waals surface area contributed by atoms with E-state index in [2.05, 4.69) is 15.0 Å². The maximum Gasteiger partial charge on any atom is 0.292 e. The van der Waals surface area contributed by atoms with Crippen molar-refractivity contribution in [1.29, 1.82) is 5.26 Å². The van der Waals surface area contributed by atoms with E-state index < -0.39 is 4.92 Å². The van der Waals surface area contributed by atoms with Crippen LogP contribution in [0, 0.1) is 21.4 Å². The first kappa shape index (κ1) is 17.8. The molecular weight excluding hydrogens is 340 g/mol. The molecule has 2 aromatic rings. The number of anilines is 1. The lowest BCUT2D eigenvalue weighted by Crippen LogP contribution is -2.46. The number of hydrogen-bond acceptors (Lipinski definition) is 9. The van der Waals surface area contributed by atoms with Gasteiger partial charge in [0.05, 0.1) is 23.1 Å². The molecule has 0 unspecified atom stereocenters. The normalized spacial score (nSPS) is 15.0. The first-order valence-corrected chi connectivity index (χ1v) is 8.07. The Bertz CT molecular complexity index is 822. The molecule has 0 aliphatic carbocycles. The molecule has 0 radical (unpaired) electrons. The maximum absolute atomic E-state index is 11.3. The Morgan fingerprint density at radius 2 is 2.15 bits per heavy atom. The zero-order valence-electron chi connectivity index (χ0n) is 14.3. The minimum Gasteiger partial charge on any atom is -0.377 e. The van der Waals surface area contributed by atoms with E-state index in [4.69, 9.17) is 14.5 Å². The van der Waals surface area contributed by atoms with E-state index in [0.717, 1.165) is 0 Å². The Hall–Kier alpha value is -3.03. The highest BCUT2D eigenvalue weighted by molar-refractivity contribution is 5.66. The molecule has 1 saturated heterocycles. The molecule has 10 nitrogen and oxygen atoms in total. The van der Waals surface area contributed by atoms with E-state index in [1.54, 1.807) is 13.2 Å². The van der Waals surface area contributed by atoms with Crippen LogP contribution >= 0.6 is 0 Å². The number of hydrogen-bond donors (Lipinski definition) is 0. The second-order valence-corrected chi connectivity index (χ2v) is 5.87. The van der Waals surface area contributed by atoms with Gasteiger partial charge in [0.25, 0.3) is 5.69 Å². The molecule has 1 aromatic heterocycles. The number of rotatable bonds is 6. The van der Waals surface area contributed by atoms with Crippen molar-refractivity contribution >= 4 is 11.4 Å². The number of piperazine rings is 1. The van der Waals surface area contributed by atoms with Crippen LogP contribution in [0.5, 0.6) is 0 Å². The summed E-state index contributed by atoms with van der Waals surface area (Å²) in [6.45, 7) is 3.41. The summed E-state index contributed by atoms with van der Waals surface area (Å²) in [5.74, 6) is 1.02. The molecule has 0 saturated carbocycles. The van der Waals surface area contributed by atoms with Crippen LogP contribution < -0.4 is 4.90 Å². The lowest BCUT2D eigenvalue weighted by Gasteiger charge is -2.35. The van der Waals surface area contributed by atoms with Crippen LogP contribution in [0.25, 0.3) is 0 Å². The first-order chi connectivity index (χ1) is 12.6. The quantitative estimate of drug-likeness (QED) is 0.555. The Morgan fingerprint density at radius 3 is 2.81 bits per heavy atom. The Morgan fingerprint density at radius 1 is 1.38 bits per heavy atom. The standard InChI is InChI=1S/C16H18N6O4/c1-25-11-15-18-16(26-19-15)10-20-4-6-21(7-5-20)14-8-12(9-17)2-3-13(14)22(23)24/h2-3,8H,4-7,10-11H2,1H3. The van der Waals surface area contributed by atoms with Crippen molar-refractivity contribution in [3.63, 3.8) is 0 Å². The van der Waals surface area contributed by atoms with Gasteiger partial charge >= 0.3 is 0 Å². The average molecular weight is 358 g/mol. The van der Waals surface area contributed by atoms with Crippen molar-refractivity contribution in [2.45, 2.75) is 13.2 Å². The zero-order valence-corrected chi connectivity index (χ0v) is 14.3. The fraction of sp³-hybridized carbons (Fsp3) is 0.438. The first-order valence-electron chi connectivity index (χ1n) is 8.07. The molecule has 136 valence electrons. The van der Waals surface area contributed by atoms with E-state index >= 15 is 0 Å². The lowest BCUT2D eigenvalue weighted by atomic mass is 10.1. The fourth-order valence-corrected chi connectivity index (χ4v) is 2.88. The molecule has 26 heavy (non-hydrogen) atoms. The predicted octanol–water partition coefficient (Wildman–Crippen LogP) is 1.32. The summed E-state index contributed by atoms with van der Waals surface area (Å²) in [6.07, 6.45) is 0. The van der Waals surface area contributed by atoms with E-state index in [-0.39, 0.29) is 5.69 Å². The van der Waals surface area contributed by atoms with Crippen LogP contribution in [0.3, 0.4) is 0 Å². The maximum atomic E-state index is 11.3. The van der Waals surface area contributed by atoms with Crippen molar-refractivity contribution in [3.8, 4) is 6.07 Å². The van der Waals surface area contributed by atoms with Gasteiger partial charge in [0.2, 0.25) is 5.89 Å². The number of nitro groups is 1. The van der Waals surface area contributed by atoms with Crippen LogP contribution in [0.15, 0.2) is 22.7 Å². The summed E-state index contributed by atoms with van der Waals surface area (Å²) in [5, 5.41) is 24.2. The molecule has 1 fully saturated rings. The molecule has 3 rings (SSSR count). The summed E-state index contributed by atoms with van der Waals surface area (Å²) < 4.78 is 10.2. The second-order valence-electron chi connectivity index (χ2n) is 5.87. The van der Waals surface area contributed by atoms with E-state index in [0.29, 0.717) is 62.3 Å². The van der Waals surface area contributed by atoms with Crippen molar-refractivity contribution in [2.24, 2.45) is 0 Å². The minimum atomic E-state index is -0.418. The lowest BCUT2D eigenvalue weighted by molar-refractivity contribution is -0.384. The number of ether oxygens (including phenoxy) is 1. The molecule has 1 aromatic carbocycles. The van der Waals surface area contributed by atoms with Gasteiger partial charge in [-0.1, -0.05) is 5.16 Å². The third-order valence-corrected chi connectivity index (χ3v) is 4.16. The molecule has 0 atom stereocenters. The highest BCUT2D eigenvalue weighted by Gasteiger charge is 2.25. The van der Waals surface area contributed by atoms with Crippen LogP contribution in [-0.4, -0.2) is 53.3 Å². The number of nitriles is 1. The summed E-state index contributed by atoms with van der Waals surface area (Å²) in [5.41, 5.74) is 0.900. The molecule has 10 heteroatoms. The summed E-state index contributed by atoms with van der Waals surface area (Å²) in [7, 11) is 1.57. The zero-order chi connectivity index (χ0) is 18.5. The SMILES string of the molecule is COCc1noc(CN2CCN(c3cc(C#N)ccc3[N+](=O)[O-])CC2)n1. The number of nitro benzene ring substituents is 1. The number of methoxy groups -OCH3 is 1. The predicted molar refractivity (Wildman–Crippen MR) is 90.3 cm³/mol. The van der Waals surface area contributed by atoms with Gasteiger partial charge in [-0.15, -0.1) is 0 Å². The minimum absolute atomic E-state index is 0.0126. The largest absolute Gasteiger partial charge is 0.377 e. The summed E-state index contributed by atoms with van der Waals surface area (Å²) in [4.78, 5) is 19.2. The molecule has 0 N–H and O–H groups in total. The highest BCUT2D eigenvalue weighted by Crippen LogP contribution is 2.30. The number of aromatic nitrogens is 2. The van der Waals surface area contributed by atoms with Gasteiger partial charge < -0.3 is 14.2 Å². The van der Waals surface area contributed by atoms with E-state index in [9.17, 15) is 10.1 Å². The molecule has 0 bridgehead atoms. The van der Waals surface area contributed by atoms with Gasteiger partial charge in [-0.3, -0.25) is 15.0 Å². The molecule has 1 aliphatic heterocycles. The van der Waals surface area contributed by atoms with Crippen molar-refractivity contribution < 1.29 is 14.2 Å². The van der Waals surface area contributed by atoms with Gasteiger partial charge in [0, 0.05) is 39.4 Å². The molecule has 0 amide bonds. The van der Waals surface area contributed by atoms with Gasteiger partial charge in [-0.2, -0.15) is 10.2 Å². The van der Waals surface area contributed by atoms with Crippen molar-refractivity contribution in [3.05, 3.63) is 45.6 Å². The van der Waals surface area contributed by atoms with Crippen molar-refractivity contribution in [2.75, 3.05) is 38.2 Å². The number of benzene rings is 1. The van der Waals surface area contributed by atoms with Gasteiger partial charge in [-0.25, -0.2) is 0 Å². The third kappa shape index (κ3) is 3.96. The van der Waals surface area contributed by atoms with E-state index in [1.165, 1.54) is 12.1 Å². The molecule has 2 heterocycles. The van der Waals surface area contributed by atoms with Crippen LogP contribution in [0.4, 0.5) is 11.4 Å². The monoisotopic (exact) mass is 358 g/mol. The third-order valence-electron chi connectivity index (χ3n) is 4.16. The van der Waals surface area contributed by atoms with Gasteiger partial charge in [0.15, 0.2) is 5.82 Å². The van der Waals surface area contributed by atoms with Crippen molar-refractivity contribution in [1.82, 2.24) is 15.0 Å².